The Labute approximate surface area is 118 Å². The maximum Gasteiger partial charge on any atom is 0.187 e. The van der Waals surface area contributed by atoms with Crippen molar-refractivity contribution in [3.8, 4) is 5.75 Å². The fourth-order valence-electron chi connectivity index (χ4n) is 2.59. The molecule has 20 heavy (non-hydrogen) atoms. The minimum atomic E-state index is -0.893. The summed E-state index contributed by atoms with van der Waals surface area (Å²) in [6.07, 6.45) is 1.13. The van der Waals surface area contributed by atoms with Crippen molar-refractivity contribution in [1.82, 2.24) is 9.80 Å². The monoisotopic (exact) mass is 284 g/mol. The molecule has 0 amide bonds. The fraction of sp³-hybridized carbons (Fsp3) is 0.600. The molecule has 112 valence electrons. The first-order valence-corrected chi connectivity index (χ1v) is 7.14. The molecule has 1 aliphatic rings. The maximum absolute atomic E-state index is 13.3. The molecule has 1 aromatic carbocycles. The molecule has 1 N–H and O–H groups in total. The van der Waals surface area contributed by atoms with E-state index in [1.165, 1.54) is 12.1 Å². The van der Waals surface area contributed by atoms with E-state index in [2.05, 4.69) is 23.6 Å². The largest absolute Gasteiger partial charge is 0.503 e. The third-order valence-corrected chi connectivity index (χ3v) is 4.10. The van der Waals surface area contributed by atoms with Crippen LogP contribution < -0.4 is 0 Å². The van der Waals surface area contributed by atoms with Crippen molar-refractivity contribution < 1.29 is 13.9 Å². The summed E-state index contributed by atoms with van der Waals surface area (Å²) in [6, 6.07) is 3.00. The average Bonchev–Trinajstić information content (AvgIpc) is 2.44. The Balaban J connectivity index is 1.93. The van der Waals surface area contributed by atoms with E-state index in [0.717, 1.165) is 32.6 Å². The Hall–Kier alpha value is -1.20. The molecular formula is C15H22F2N2O. The SMILES string of the molecule is CCC(C)N1CCN(Cc2cc(F)c(O)c(F)c2)CC1. The van der Waals surface area contributed by atoms with E-state index in [4.69, 9.17) is 5.11 Å². The normalized spacial score (nSPS) is 19.2. The van der Waals surface area contributed by atoms with Gasteiger partial charge >= 0.3 is 0 Å². The van der Waals surface area contributed by atoms with Gasteiger partial charge in [0.1, 0.15) is 0 Å². The molecule has 3 nitrogen and oxygen atoms in total. The summed E-state index contributed by atoms with van der Waals surface area (Å²) in [5.41, 5.74) is 0.565. The number of piperazine rings is 1. The van der Waals surface area contributed by atoms with E-state index in [1.54, 1.807) is 0 Å². The van der Waals surface area contributed by atoms with Gasteiger partial charge in [-0.2, -0.15) is 0 Å². The number of aromatic hydroxyl groups is 1. The van der Waals surface area contributed by atoms with Crippen LogP contribution in [-0.2, 0) is 6.54 Å². The number of hydrogen-bond donors (Lipinski definition) is 1. The summed E-state index contributed by atoms with van der Waals surface area (Å²) < 4.78 is 26.6. The van der Waals surface area contributed by atoms with Gasteiger partial charge in [0.05, 0.1) is 0 Å². The summed E-state index contributed by atoms with van der Waals surface area (Å²) in [5.74, 6) is -2.67. The number of benzene rings is 1. The fourth-order valence-corrected chi connectivity index (χ4v) is 2.59. The Bertz CT molecular complexity index is 436. The second kappa shape index (κ2) is 6.50. The van der Waals surface area contributed by atoms with E-state index in [0.29, 0.717) is 18.2 Å². The van der Waals surface area contributed by atoms with E-state index in [1.807, 2.05) is 0 Å². The van der Waals surface area contributed by atoms with Crippen LogP contribution in [0.1, 0.15) is 25.8 Å². The summed E-state index contributed by atoms with van der Waals surface area (Å²) in [5, 5.41) is 9.09. The lowest BCUT2D eigenvalue weighted by Gasteiger charge is -2.37. The summed E-state index contributed by atoms with van der Waals surface area (Å²) in [4.78, 5) is 4.62. The van der Waals surface area contributed by atoms with E-state index >= 15 is 0 Å². The van der Waals surface area contributed by atoms with Gasteiger partial charge in [0.2, 0.25) is 0 Å². The van der Waals surface area contributed by atoms with Gasteiger partial charge in [-0.1, -0.05) is 6.92 Å². The molecule has 1 aliphatic heterocycles. The van der Waals surface area contributed by atoms with Crippen LogP contribution in [0.5, 0.6) is 5.75 Å². The third-order valence-electron chi connectivity index (χ3n) is 4.10. The first kappa shape index (κ1) is 15.2. The molecule has 5 heteroatoms. The van der Waals surface area contributed by atoms with Crippen LogP contribution in [0.15, 0.2) is 12.1 Å². The highest BCUT2D eigenvalue weighted by atomic mass is 19.1. The minimum absolute atomic E-state index is 0.516. The Morgan fingerprint density at radius 2 is 1.70 bits per heavy atom. The third kappa shape index (κ3) is 3.46. The molecular weight excluding hydrogens is 262 g/mol. The van der Waals surface area contributed by atoms with Gasteiger partial charge in [-0.15, -0.1) is 0 Å². The van der Waals surface area contributed by atoms with Crippen LogP contribution in [0.2, 0.25) is 0 Å². The van der Waals surface area contributed by atoms with Gasteiger partial charge in [-0.25, -0.2) is 8.78 Å². The van der Waals surface area contributed by atoms with Crippen LogP contribution in [0.4, 0.5) is 8.78 Å². The lowest BCUT2D eigenvalue weighted by molar-refractivity contribution is 0.0962. The molecule has 0 spiro atoms. The van der Waals surface area contributed by atoms with Gasteiger partial charge < -0.3 is 5.11 Å². The van der Waals surface area contributed by atoms with Gasteiger partial charge in [0, 0.05) is 38.8 Å². The van der Waals surface area contributed by atoms with Crippen molar-refractivity contribution in [2.24, 2.45) is 0 Å². The van der Waals surface area contributed by atoms with E-state index in [9.17, 15) is 8.78 Å². The summed E-state index contributed by atoms with van der Waals surface area (Å²) in [7, 11) is 0. The van der Waals surface area contributed by atoms with Crippen molar-refractivity contribution in [3.63, 3.8) is 0 Å². The molecule has 1 unspecified atom stereocenters. The molecule has 0 radical (unpaired) electrons. The molecule has 1 fully saturated rings. The van der Waals surface area contributed by atoms with Crippen LogP contribution >= 0.6 is 0 Å². The van der Waals surface area contributed by atoms with Crippen LogP contribution in [-0.4, -0.2) is 47.1 Å². The zero-order valence-electron chi connectivity index (χ0n) is 12.1. The van der Waals surface area contributed by atoms with Crippen molar-refractivity contribution in [2.75, 3.05) is 26.2 Å². The van der Waals surface area contributed by atoms with Crippen LogP contribution in [0.25, 0.3) is 0 Å². The highest BCUT2D eigenvalue weighted by molar-refractivity contribution is 5.30. The molecule has 0 saturated carbocycles. The molecule has 1 atom stereocenters. The van der Waals surface area contributed by atoms with Crippen molar-refractivity contribution >= 4 is 0 Å². The highest BCUT2D eigenvalue weighted by Crippen LogP contribution is 2.22. The Kier molecular flexibility index (Phi) is 4.94. The van der Waals surface area contributed by atoms with Crippen molar-refractivity contribution in [2.45, 2.75) is 32.9 Å². The molecule has 2 rings (SSSR count). The number of rotatable bonds is 4. The predicted octanol–water partition coefficient (Wildman–Crippen LogP) is 2.59. The van der Waals surface area contributed by atoms with E-state index < -0.39 is 17.4 Å². The molecule has 0 aliphatic carbocycles. The molecule has 1 aromatic rings. The van der Waals surface area contributed by atoms with Crippen LogP contribution in [0, 0.1) is 11.6 Å². The van der Waals surface area contributed by atoms with Crippen LogP contribution in [0.3, 0.4) is 0 Å². The summed E-state index contributed by atoms with van der Waals surface area (Å²) in [6.45, 7) is 8.68. The first-order valence-electron chi connectivity index (χ1n) is 7.14. The van der Waals surface area contributed by atoms with E-state index in [-0.39, 0.29) is 0 Å². The standard InChI is InChI=1S/C15H22F2N2O/c1-3-11(2)19-6-4-18(5-7-19)10-12-8-13(16)15(20)14(17)9-12/h8-9,11,20H,3-7,10H2,1-2H3. The molecule has 0 bridgehead atoms. The zero-order chi connectivity index (χ0) is 14.7. The second-order valence-electron chi connectivity index (χ2n) is 5.48. The number of halogens is 2. The molecule has 0 aromatic heterocycles. The highest BCUT2D eigenvalue weighted by Gasteiger charge is 2.20. The Morgan fingerprint density at radius 1 is 1.15 bits per heavy atom. The lowest BCUT2D eigenvalue weighted by Crippen LogP contribution is -2.49. The maximum atomic E-state index is 13.3. The van der Waals surface area contributed by atoms with Crippen molar-refractivity contribution in [1.29, 1.82) is 0 Å². The molecule has 1 heterocycles. The van der Waals surface area contributed by atoms with Gasteiger partial charge in [0.25, 0.3) is 0 Å². The summed E-state index contributed by atoms with van der Waals surface area (Å²) >= 11 is 0. The second-order valence-corrected chi connectivity index (χ2v) is 5.48. The van der Waals surface area contributed by atoms with Gasteiger partial charge in [0.15, 0.2) is 17.4 Å². The number of hydrogen-bond acceptors (Lipinski definition) is 3. The Morgan fingerprint density at radius 3 is 2.20 bits per heavy atom. The predicted molar refractivity (Wildman–Crippen MR) is 74.6 cm³/mol. The van der Waals surface area contributed by atoms with Gasteiger partial charge in [-0.05, 0) is 31.0 Å². The smallest absolute Gasteiger partial charge is 0.187 e. The average molecular weight is 284 g/mol. The number of nitrogens with zero attached hydrogens (tertiary/aromatic N) is 2. The van der Waals surface area contributed by atoms with Crippen molar-refractivity contribution in [3.05, 3.63) is 29.3 Å². The first-order chi connectivity index (χ1) is 9.51. The van der Waals surface area contributed by atoms with Gasteiger partial charge in [-0.3, -0.25) is 9.80 Å². The zero-order valence-corrected chi connectivity index (χ0v) is 12.1. The minimum Gasteiger partial charge on any atom is -0.503 e. The quantitative estimate of drug-likeness (QED) is 0.920. The topological polar surface area (TPSA) is 26.7 Å². The number of phenolic OH excluding ortho intramolecular Hbond substituents is 1. The lowest BCUT2D eigenvalue weighted by atomic mass is 10.1. The molecule has 1 saturated heterocycles. The number of phenols is 1.